The summed E-state index contributed by atoms with van der Waals surface area (Å²) in [7, 11) is 0. The van der Waals surface area contributed by atoms with Crippen molar-refractivity contribution in [1.82, 2.24) is 5.32 Å². The predicted molar refractivity (Wildman–Crippen MR) is 76.8 cm³/mol. The molecule has 2 amide bonds. The zero-order valence-corrected chi connectivity index (χ0v) is 11.4. The number of carboxylic acid groups (broad SMARTS) is 1. The van der Waals surface area contributed by atoms with Gasteiger partial charge in [0.1, 0.15) is 0 Å². The van der Waals surface area contributed by atoms with E-state index in [1.54, 1.807) is 24.3 Å². The van der Waals surface area contributed by atoms with Crippen molar-refractivity contribution in [2.24, 2.45) is 5.92 Å². The number of anilines is 1. The van der Waals surface area contributed by atoms with Crippen LogP contribution in [0.3, 0.4) is 0 Å². The standard InChI is InChI=1S/C15H20N2O3/c18-14(19)9-11-5-7-13(8-6-11)17-15(20)16-10-12-3-1-2-4-12/h5-8,12H,1-4,9-10H2,(H,18,19)(H2,16,17,20). The van der Waals surface area contributed by atoms with E-state index in [-0.39, 0.29) is 12.5 Å². The highest BCUT2D eigenvalue weighted by Crippen LogP contribution is 2.23. The topological polar surface area (TPSA) is 78.4 Å². The number of hydrogen-bond donors (Lipinski definition) is 3. The smallest absolute Gasteiger partial charge is 0.319 e. The third-order valence-electron chi connectivity index (χ3n) is 3.59. The molecular weight excluding hydrogens is 256 g/mol. The first-order chi connectivity index (χ1) is 9.63. The average Bonchev–Trinajstić information content (AvgIpc) is 2.91. The second-order valence-corrected chi connectivity index (χ2v) is 5.25. The maximum absolute atomic E-state index is 11.7. The van der Waals surface area contributed by atoms with Crippen molar-refractivity contribution in [1.29, 1.82) is 0 Å². The Morgan fingerprint density at radius 2 is 1.80 bits per heavy atom. The van der Waals surface area contributed by atoms with Gasteiger partial charge in [0.25, 0.3) is 0 Å². The summed E-state index contributed by atoms with van der Waals surface area (Å²) in [6.45, 7) is 0.725. The molecule has 1 aliphatic rings. The summed E-state index contributed by atoms with van der Waals surface area (Å²) in [6, 6.07) is 6.64. The molecular formula is C15H20N2O3. The maximum atomic E-state index is 11.7. The Kier molecular flexibility index (Phi) is 4.98. The Hall–Kier alpha value is -2.04. The van der Waals surface area contributed by atoms with Crippen LogP contribution in [0.5, 0.6) is 0 Å². The first-order valence-electron chi connectivity index (χ1n) is 6.99. The second kappa shape index (κ2) is 6.93. The fourth-order valence-electron chi connectivity index (χ4n) is 2.51. The van der Waals surface area contributed by atoms with Gasteiger partial charge in [-0.1, -0.05) is 25.0 Å². The summed E-state index contributed by atoms with van der Waals surface area (Å²) in [4.78, 5) is 22.3. The van der Waals surface area contributed by atoms with E-state index < -0.39 is 5.97 Å². The van der Waals surface area contributed by atoms with Crippen LogP contribution >= 0.6 is 0 Å². The molecule has 0 aromatic heterocycles. The molecule has 2 rings (SSSR count). The Morgan fingerprint density at radius 1 is 1.15 bits per heavy atom. The van der Waals surface area contributed by atoms with Gasteiger partial charge in [0.2, 0.25) is 0 Å². The number of nitrogens with one attached hydrogen (secondary N) is 2. The van der Waals surface area contributed by atoms with Gasteiger partial charge < -0.3 is 15.7 Å². The molecule has 0 heterocycles. The number of carbonyl (C=O) groups excluding carboxylic acids is 1. The molecule has 1 aromatic rings. The molecule has 1 aliphatic carbocycles. The summed E-state index contributed by atoms with van der Waals surface area (Å²) in [5, 5.41) is 14.3. The van der Waals surface area contributed by atoms with Gasteiger partial charge in [-0.15, -0.1) is 0 Å². The van der Waals surface area contributed by atoms with Crippen LogP contribution in [0.1, 0.15) is 31.2 Å². The van der Waals surface area contributed by atoms with Crippen molar-refractivity contribution < 1.29 is 14.7 Å². The fourth-order valence-corrected chi connectivity index (χ4v) is 2.51. The minimum atomic E-state index is -0.861. The van der Waals surface area contributed by atoms with Crippen LogP contribution in [-0.4, -0.2) is 23.7 Å². The van der Waals surface area contributed by atoms with E-state index in [9.17, 15) is 9.59 Å². The molecule has 0 aliphatic heterocycles. The van der Waals surface area contributed by atoms with Gasteiger partial charge in [-0.25, -0.2) is 4.79 Å². The number of hydrogen-bond acceptors (Lipinski definition) is 2. The summed E-state index contributed by atoms with van der Waals surface area (Å²) in [5.41, 5.74) is 1.39. The van der Waals surface area contributed by atoms with Gasteiger partial charge in [-0.2, -0.15) is 0 Å². The van der Waals surface area contributed by atoms with E-state index >= 15 is 0 Å². The van der Waals surface area contributed by atoms with Gasteiger partial charge in [0.15, 0.2) is 0 Å². The molecule has 0 atom stereocenters. The first kappa shape index (κ1) is 14.4. The molecule has 0 bridgehead atoms. The number of amides is 2. The van der Waals surface area contributed by atoms with E-state index in [0.29, 0.717) is 11.6 Å². The minimum Gasteiger partial charge on any atom is -0.481 e. The number of carbonyl (C=O) groups is 2. The van der Waals surface area contributed by atoms with Crippen LogP contribution in [0.2, 0.25) is 0 Å². The van der Waals surface area contributed by atoms with Gasteiger partial charge >= 0.3 is 12.0 Å². The van der Waals surface area contributed by atoms with E-state index in [1.807, 2.05) is 0 Å². The van der Waals surface area contributed by atoms with Crippen LogP contribution in [0.15, 0.2) is 24.3 Å². The van der Waals surface area contributed by atoms with Crippen molar-refractivity contribution in [2.75, 3.05) is 11.9 Å². The lowest BCUT2D eigenvalue weighted by Gasteiger charge is -2.11. The lowest BCUT2D eigenvalue weighted by atomic mass is 10.1. The van der Waals surface area contributed by atoms with Crippen molar-refractivity contribution in [2.45, 2.75) is 32.1 Å². The largest absolute Gasteiger partial charge is 0.481 e. The van der Waals surface area contributed by atoms with Crippen molar-refractivity contribution in [3.63, 3.8) is 0 Å². The van der Waals surface area contributed by atoms with E-state index in [0.717, 1.165) is 12.1 Å². The summed E-state index contributed by atoms with van der Waals surface area (Å²) in [5.74, 6) is -0.251. The Labute approximate surface area is 118 Å². The molecule has 1 fully saturated rings. The molecule has 0 spiro atoms. The highest BCUT2D eigenvalue weighted by Gasteiger charge is 2.15. The molecule has 0 unspecified atom stereocenters. The molecule has 0 radical (unpaired) electrons. The Balaban J connectivity index is 1.76. The van der Waals surface area contributed by atoms with Gasteiger partial charge in [0.05, 0.1) is 6.42 Å². The van der Waals surface area contributed by atoms with Crippen LogP contribution in [0.25, 0.3) is 0 Å². The van der Waals surface area contributed by atoms with Crippen LogP contribution in [-0.2, 0) is 11.2 Å². The highest BCUT2D eigenvalue weighted by atomic mass is 16.4. The predicted octanol–water partition coefficient (Wildman–Crippen LogP) is 2.63. The summed E-state index contributed by atoms with van der Waals surface area (Å²) >= 11 is 0. The highest BCUT2D eigenvalue weighted by molar-refractivity contribution is 5.89. The SMILES string of the molecule is O=C(O)Cc1ccc(NC(=O)NCC2CCCC2)cc1. The lowest BCUT2D eigenvalue weighted by Crippen LogP contribution is -2.32. The summed E-state index contributed by atoms with van der Waals surface area (Å²) < 4.78 is 0. The Morgan fingerprint density at radius 3 is 2.40 bits per heavy atom. The molecule has 20 heavy (non-hydrogen) atoms. The number of benzene rings is 1. The van der Waals surface area contributed by atoms with Gasteiger partial charge in [-0.3, -0.25) is 4.79 Å². The third-order valence-corrected chi connectivity index (χ3v) is 3.59. The average molecular weight is 276 g/mol. The first-order valence-corrected chi connectivity index (χ1v) is 6.99. The zero-order valence-electron chi connectivity index (χ0n) is 11.4. The number of carboxylic acids is 1. The molecule has 1 aromatic carbocycles. The minimum absolute atomic E-state index is 0.00580. The maximum Gasteiger partial charge on any atom is 0.319 e. The molecule has 5 nitrogen and oxygen atoms in total. The number of aliphatic carboxylic acids is 1. The molecule has 5 heteroatoms. The van der Waals surface area contributed by atoms with E-state index in [2.05, 4.69) is 10.6 Å². The van der Waals surface area contributed by atoms with Gasteiger partial charge in [0, 0.05) is 12.2 Å². The monoisotopic (exact) mass is 276 g/mol. The van der Waals surface area contributed by atoms with Gasteiger partial charge in [-0.05, 0) is 36.5 Å². The van der Waals surface area contributed by atoms with Crippen LogP contribution in [0.4, 0.5) is 10.5 Å². The molecule has 1 saturated carbocycles. The van der Waals surface area contributed by atoms with Crippen molar-refractivity contribution >= 4 is 17.7 Å². The Bertz CT molecular complexity index is 465. The molecule has 3 N–H and O–H groups in total. The van der Waals surface area contributed by atoms with Crippen molar-refractivity contribution in [3.05, 3.63) is 29.8 Å². The zero-order chi connectivity index (χ0) is 14.4. The number of urea groups is 1. The molecule has 108 valence electrons. The quantitative estimate of drug-likeness (QED) is 0.773. The van der Waals surface area contributed by atoms with E-state index in [4.69, 9.17) is 5.11 Å². The fraction of sp³-hybridized carbons (Fsp3) is 0.467. The number of rotatable bonds is 5. The lowest BCUT2D eigenvalue weighted by molar-refractivity contribution is -0.136. The van der Waals surface area contributed by atoms with Crippen molar-refractivity contribution in [3.8, 4) is 0 Å². The summed E-state index contributed by atoms with van der Waals surface area (Å²) in [6.07, 6.45) is 4.92. The van der Waals surface area contributed by atoms with Crippen LogP contribution < -0.4 is 10.6 Å². The third kappa shape index (κ3) is 4.57. The molecule has 0 saturated heterocycles. The normalized spacial score (nSPS) is 15.0. The van der Waals surface area contributed by atoms with Crippen LogP contribution in [0, 0.1) is 5.92 Å². The second-order valence-electron chi connectivity index (χ2n) is 5.25. The van der Waals surface area contributed by atoms with E-state index in [1.165, 1.54) is 25.7 Å².